The van der Waals surface area contributed by atoms with E-state index in [1.165, 1.54) is 0 Å². The molecule has 1 aliphatic rings. The van der Waals surface area contributed by atoms with Gasteiger partial charge in [-0.3, -0.25) is 4.79 Å². The first-order valence-corrected chi connectivity index (χ1v) is 11.0. The van der Waals surface area contributed by atoms with Crippen molar-refractivity contribution >= 4 is 23.2 Å². The van der Waals surface area contributed by atoms with Crippen LogP contribution >= 0.6 is 23.2 Å². The van der Waals surface area contributed by atoms with Gasteiger partial charge in [0, 0.05) is 11.8 Å². The zero-order valence-corrected chi connectivity index (χ0v) is 20.2. The van der Waals surface area contributed by atoms with Crippen LogP contribution in [0.4, 0.5) is 0 Å². The van der Waals surface area contributed by atoms with Crippen molar-refractivity contribution in [2.75, 3.05) is 14.2 Å². The van der Waals surface area contributed by atoms with Crippen LogP contribution in [0.3, 0.4) is 0 Å². The number of hydrogen-bond donors (Lipinski definition) is 1. The maximum absolute atomic E-state index is 13.8. The Kier molecular flexibility index (Phi) is 6.47. The third-order valence-corrected chi connectivity index (χ3v) is 6.60. The number of nitriles is 1. The molecule has 0 bridgehead atoms. The van der Waals surface area contributed by atoms with E-state index in [1.54, 1.807) is 56.0 Å². The van der Waals surface area contributed by atoms with Crippen LogP contribution in [0.5, 0.6) is 17.2 Å². The number of methoxy groups -OCH3 is 2. The maximum atomic E-state index is 13.8. The predicted molar refractivity (Wildman–Crippen MR) is 130 cm³/mol. The van der Waals surface area contributed by atoms with Gasteiger partial charge in [0.1, 0.15) is 17.4 Å². The van der Waals surface area contributed by atoms with Gasteiger partial charge in [0.05, 0.1) is 42.3 Å². The van der Waals surface area contributed by atoms with E-state index in [0.717, 1.165) is 5.56 Å². The van der Waals surface area contributed by atoms with Crippen molar-refractivity contribution in [3.8, 4) is 23.3 Å². The van der Waals surface area contributed by atoms with E-state index in [2.05, 4.69) is 6.07 Å². The molecule has 0 saturated carbocycles. The fourth-order valence-electron chi connectivity index (χ4n) is 4.10. The minimum Gasteiger partial charge on any atom is -0.493 e. The van der Waals surface area contributed by atoms with E-state index < -0.39 is 5.92 Å². The summed E-state index contributed by atoms with van der Waals surface area (Å²) < 4.78 is 18.0. The van der Waals surface area contributed by atoms with Gasteiger partial charge in [-0.15, -0.1) is 0 Å². The number of benzene rings is 2. The molecule has 0 amide bonds. The summed E-state index contributed by atoms with van der Waals surface area (Å²) in [5, 5.41) is 10.4. The Morgan fingerprint density at radius 1 is 1.15 bits per heavy atom. The lowest BCUT2D eigenvalue weighted by Gasteiger charge is -2.28. The van der Waals surface area contributed by atoms with Crippen LogP contribution in [0, 0.1) is 18.3 Å². The molecule has 3 aromatic rings. The van der Waals surface area contributed by atoms with Gasteiger partial charge in [-0.25, -0.2) is 0 Å². The van der Waals surface area contributed by atoms with Crippen LogP contribution in [-0.2, 0) is 6.54 Å². The highest BCUT2D eigenvalue weighted by Gasteiger charge is 2.35. The van der Waals surface area contributed by atoms with Crippen LogP contribution in [0.1, 0.15) is 28.3 Å². The molecule has 0 aliphatic carbocycles. The van der Waals surface area contributed by atoms with E-state index in [-0.39, 0.29) is 39.9 Å². The normalized spacial score (nSPS) is 14.8. The van der Waals surface area contributed by atoms with Crippen LogP contribution < -0.4 is 25.5 Å². The monoisotopic (exact) mass is 497 g/mol. The first kappa shape index (κ1) is 23.6. The van der Waals surface area contributed by atoms with E-state index >= 15 is 0 Å². The van der Waals surface area contributed by atoms with Gasteiger partial charge in [0.2, 0.25) is 5.88 Å². The lowest BCUT2D eigenvalue weighted by atomic mass is 9.84. The number of hydrogen-bond acceptors (Lipinski definition) is 6. The van der Waals surface area contributed by atoms with Gasteiger partial charge in [-0.1, -0.05) is 41.4 Å². The molecule has 174 valence electrons. The third-order valence-electron chi connectivity index (χ3n) is 5.77. The van der Waals surface area contributed by atoms with Crippen molar-refractivity contribution < 1.29 is 14.2 Å². The largest absolute Gasteiger partial charge is 0.493 e. The summed E-state index contributed by atoms with van der Waals surface area (Å²) in [6.07, 6.45) is 0. The van der Waals surface area contributed by atoms with Crippen LogP contribution in [0.15, 0.2) is 58.7 Å². The number of aromatic nitrogens is 1. The lowest BCUT2D eigenvalue weighted by Crippen LogP contribution is -2.33. The quantitative estimate of drug-likeness (QED) is 0.545. The standard InChI is InChI=1S/C25H21Cl2N3O4/c1-13-9-20-22(25(31)30(13)12-14-7-8-18(32-2)19(10-14)33-3)21(16(11-28)24(29)34-20)15-5-4-6-17(26)23(15)27/h4-10,21H,12,29H2,1-3H3/t21-/m0/s1. The number of ether oxygens (including phenoxy) is 3. The van der Waals surface area contributed by atoms with Crippen molar-refractivity contribution in [2.24, 2.45) is 5.73 Å². The topological polar surface area (TPSA) is 99.5 Å². The molecule has 0 radical (unpaired) electrons. The Morgan fingerprint density at radius 3 is 2.56 bits per heavy atom. The molecule has 1 aliphatic heterocycles. The third kappa shape index (κ3) is 3.96. The predicted octanol–water partition coefficient (Wildman–Crippen LogP) is 4.75. The average molecular weight is 498 g/mol. The van der Waals surface area contributed by atoms with Crippen LogP contribution in [-0.4, -0.2) is 18.8 Å². The SMILES string of the molecule is COc1ccc(Cn2c(C)cc3c(c2=O)[C@@H](c2cccc(Cl)c2Cl)C(C#N)=C(N)O3)cc1OC. The van der Waals surface area contributed by atoms with Crippen molar-refractivity contribution in [3.05, 3.63) is 96.7 Å². The molecule has 0 saturated heterocycles. The molecule has 2 heterocycles. The van der Waals surface area contributed by atoms with Crippen molar-refractivity contribution in [1.82, 2.24) is 4.57 Å². The molecule has 1 aromatic heterocycles. The second kappa shape index (κ2) is 9.34. The molecule has 0 fully saturated rings. The molecular formula is C25H21Cl2N3O4. The highest BCUT2D eigenvalue weighted by Crippen LogP contribution is 2.44. The second-order valence-corrected chi connectivity index (χ2v) is 8.50. The number of fused-ring (bicyclic) bond motifs is 1. The molecule has 9 heteroatoms. The first-order valence-electron chi connectivity index (χ1n) is 10.3. The van der Waals surface area contributed by atoms with Crippen molar-refractivity contribution in [2.45, 2.75) is 19.4 Å². The van der Waals surface area contributed by atoms with E-state index in [0.29, 0.717) is 27.8 Å². The zero-order chi connectivity index (χ0) is 24.6. The zero-order valence-electron chi connectivity index (χ0n) is 18.7. The van der Waals surface area contributed by atoms with Gasteiger partial charge in [-0.2, -0.15) is 5.26 Å². The van der Waals surface area contributed by atoms with Gasteiger partial charge in [0.25, 0.3) is 5.56 Å². The summed E-state index contributed by atoms with van der Waals surface area (Å²) in [5.74, 6) is 0.517. The maximum Gasteiger partial charge on any atom is 0.259 e. The molecule has 4 rings (SSSR count). The highest BCUT2D eigenvalue weighted by molar-refractivity contribution is 6.42. The van der Waals surface area contributed by atoms with Gasteiger partial charge >= 0.3 is 0 Å². The summed E-state index contributed by atoms with van der Waals surface area (Å²) >= 11 is 12.7. The smallest absolute Gasteiger partial charge is 0.259 e. The number of nitrogens with two attached hydrogens (primary N) is 1. The average Bonchev–Trinajstić information content (AvgIpc) is 2.82. The van der Waals surface area contributed by atoms with Gasteiger partial charge in [-0.05, 0) is 36.2 Å². The van der Waals surface area contributed by atoms with Crippen LogP contribution in [0.2, 0.25) is 10.0 Å². The summed E-state index contributed by atoms with van der Waals surface area (Å²) in [6, 6.07) is 14.3. The summed E-state index contributed by atoms with van der Waals surface area (Å²) in [6.45, 7) is 2.06. The van der Waals surface area contributed by atoms with E-state index in [1.807, 2.05) is 12.1 Å². The Morgan fingerprint density at radius 2 is 1.88 bits per heavy atom. The fourth-order valence-corrected chi connectivity index (χ4v) is 4.52. The van der Waals surface area contributed by atoms with Crippen molar-refractivity contribution in [3.63, 3.8) is 0 Å². The van der Waals surface area contributed by atoms with Crippen LogP contribution in [0.25, 0.3) is 0 Å². The highest BCUT2D eigenvalue weighted by atomic mass is 35.5. The molecule has 7 nitrogen and oxygen atoms in total. The van der Waals surface area contributed by atoms with Gasteiger partial charge in [0.15, 0.2) is 11.5 Å². The lowest BCUT2D eigenvalue weighted by molar-refractivity contribution is 0.354. The molecule has 2 aromatic carbocycles. The molecule has 34 heavy (non-hydrogen) atoms. The Hall–Kier alpha value is -3.60. The molecule has 0 unspecified atom stereocenters. The Balaban J connectivity index is 1.91. The summed E-state index contributed by atoms with van der Waals surface area (Å²) in [7, 11) is 3.11. The molecule has 2 N–H and O–H groups in total. The Labute approximate surface area is 206 Å². The number of pyridine rings is 1. The summed E-state index contributed by atoms with van der Waals surface area (Å²) in [4.78, 5) is 13.8. The molecular weight excluding hydrogens is 477 g/mol. The second-order valence-electron chi connectivity index (χ2n) is 7.71. The number of nitrogens with zero attached hydrogens (tertiary/aromatic N) is 2. The number of aryl methyl sites for hydroxylation is 1. The minimum absolute atomic E-state index is 0.0764. The van der Waals surface area contributed by atoms with E-state index in [9.17, 15) is 10.1 Å². The fraction of sp³-hybridized carbons (Fsp3) is 0.200. The number of rotatable bonds is 5. The van der Waals surface area contributed by atoms with Gasteiger partial charge < -0.3 is 24.5 Å². The Bertz CT molecular complexity index is 1420. The molecule has 1 atom stereocenters. The number of allylic oxidation sites excluding steroid dienone is 1. The number of halogens is 2. The van der Waals surface area contributed by atoms with E-state index in [4.69, 9.17) is 43.1 Å². The first-order chi connectivity index (χ1) is 16.3. The minimum atomic E-state index is -0.829. The molecule has 0 spiro atoms. The summed E-state index contributed by atoms with van der Waals surface area (Å²) in [5.41, 5.74) is 8.07. The van der Waals surface area contributed by atoms with Crippen molar-refractivity contribution in [1.29, 1.82) is 5.26 Å².